The number of carbonyl (C=O) groups excluding carboxylic acids is 2. The molecular formula is C24H23ClN2O3. The van der Waals surface area contributed by atoms with Gasteiger partial charge < -0.3 is 15.4 Å². The van der Waals surface area contributed by atoms with Gasteiger partial charge in [-0.2, -0.15) is 0 Å². The highest BCUT2D eigenvalue weighted by molar-refractivity contribution is 6.30. The summed E-state index contributed by atoms with van der Waals surface area (Å²) < 4.78 is 5.75. The van der Waals surface area contributed by atoms with Crippen molar-refractivity contribution < 1.29 is 14.3 Å². The number of ether oxygens (including phenoxy) is 1. The fourth-order valence-corrected chi connectivity index (χ4v) is 3.82. The summed E-state index contributed by atoms with van der Waals surface area (Å²) in [7, 11) is 0. The van der Waals surface area contributed by atoms with E-state index in [1.807, 2.05) is 6.07 Å². The van der Waals surface area contributed by atoms with E-state index < -0.39 is 0 Å². The van der Waals surface area contributed by atoms with E-state index >= 15 is 0 Å². The van der Waals surface area contributed by atoms with Crippen LogP contribution in [0.2, 0.25) is 5.02 Å². The van der Waals surface area contributed by atoms with Crippen LogP contribution in [0.5, 0.6) is 5.75 Å². The third-order valence-electron chi connectivity index (χ3n) is 5.20. The van der Waals surface area contributed by atoms with Crippen LogP contribution in [-0.4, -0.2) is 18.4 Å². The van der Waals surface area contributed by atoms with Gasteiger partial charge in [0.25, 0.3) is 11.8 Å². The molecular weight excluding hydrogens is 400 g/mol. The molecule has 30 heavy (non-hydrogen) atoms. The predicted octanol–water partition coefficient (Wildman–Crippen LogP) is 5.33. The molecule has 0 atom stereocenters. The number of anilines is 1. The van der Waals surface area contributed by atoms with E-state index in [1.165, 1.54) is 18.4 Å². The van der Waals surface area contributed by atoms with Crippen molar-refractivity contribution in [2.24, 2.45) is 0 Å². The highest BCUT2D eigenvalue weighted by Crippen LogP contribution is 2.32. The normalized spacial score (nSPS) is 16.9. The van der Waals surface area contributed by atoms with E-state index in [4.69, 9.17) is 16.3 Å². The zero-order valence-corrected chi connectivity index (χ0v) is 17.3. The Kier molecular flexibility index (Phi) is 6.19. The monoisotopic (exact) mass is 422 g/mol. The standard InChI is InChI=1S/C24H23ClN2O3/c25-19-8-4-7-17(13-19)14-22-24(29)27-20-15-18(9-10-21(20)30-22)23(28)26-12-11-16-5-2-1-3-6-16/h4-5,7-10,13-15H,1-3,6,11-12H2,(H,26,28)(H,27,29)/b22-14+. The van der Waals surface area contributed by atoms with Crippen LogP contribution in [0.3, 0.4) is 0 Å². The second-order valence-corrected chi connectivity index (χ2v) is 7.88. The number of rotatable bonds is 5. The van der Waals surface area contributed by atoms with Crippen LogP contribution in [0.4, 0.5) is 5.69 Å². The zero-order chi connectivity index (χ0) is 20.9. The summed E-state index contributed by atoms with van der Waals surface area (Å²) in [5, 5.41) is 6.33. The van der Waals surface area contributed by atoms with Crippen molar-refractivity contribution in [3.63, 3.8) is 0 Å². The number of hydrogen-bond acceptors (Lipinski definition) is 3. The first-order chi connectivity index (χ1) is 14.6. The van der Waals surface area contributed by atoms with Gasteiger partial charge in [-0.3, -0.25) is 9.59 Å². The van der Waals surface area contributed by atoms with Crippen LogP contribution in [0.25, 0.3) is 6.08 Å². The van der Waals surface area contributed by atoms with Crippen LogP contribution in [-0.2, 0) is 4.79 Å². The molecule has 0 saturated heterocycles. The third kappa shape index (κ3) is 4.92. The SMILES string of the molecule is O=C1Nc2cc(C(=O)NCCC3=CCCCC3)ccc2O/C1=C/c1cccc(Cl)c1. The molecule has 0 saturated carbocycles. The number of halogens is 1. The molecule has 1 aliphatic carbocycles. The summed E-state index contributed by atoms with van der Waals surface area (Å²) in [5.74, 6) is 0.127. The second-order valence-electron chi connectivity index (χ2n) is 7.44. The van der Waals surface area contributed by atoms with Crippen LogP contribution in [0, 0.1) is 0 Å². The van der Waals surface area contributed by atoms with Crippen molar-refractivity contribution in [3.8, 4) is 5.75 Å². The minimum absolute atomic E-state index is 0.163. The first-order valence-electron chi connectivity index (χ1n) is 10.1. The number of hydrogen-bond donors (Lipinski definition) is 2. The maximum Gasteiger partial charge on any atom is 0.291 e. The number of allylic oxidation sites excluding steroid dienone is 1. The molecule has 1 aliphatic heterocycles. The first-order valence-corrected chi connectivity index (χ1v) is 10.5. The Morgan fingerprint density at radius 2 is 2.10 bits per heavy atom. The van der Waals surface area contributed by atoms with E-state index in [0.29, 0.717) is 28.6 Å². The highest BCUT2D eigenvalue weighted by Gasteiger charge is 2.23. The Morgan fingerprint density at radius 3 is 2.90 bits per heavy atom. The van der Waals surface area contributed by atoms with Gasteiger partial charge in [0.15, 0.2) is 11.5 Å². The summed E-state index contributed by atoms with van der Waals surface area (Å²) in [6, 6.07) is 12.2. The fraction of sp³-hybridized carbons (Fsp3) is 0.250. The molecule has 4 rings (SSSR count). The molecule has 1 heterocycles. The molecule has 0 spiro atoms. The third-order valence-corrected chi connectivity index (χ3v) is 5.43. The lowest BCUT2D eigenvalue weighted by Crippen LogP contribution is -2.26. The van der Waals surface area contributed by atoms with Gasteiger partial charge in [0.1, 0.15) is 0 Å². The molecule has 0 radical (unpaired) electrons. The molecule has 2 aromatic carbocycles. The average Bonchev–Trinajstić information content (AvgIpc) is 2.75. The van der Waals surface area contributed by atoms with E-state index in [1.54, 1.807) is 42.5 Å². The molecule has 6 heteroatoms. The minimum atomic E-state index is -0.371. The van der Waals surface area contributed by atoms with Gasteiger partial charge in [0.2, 0.25) is 0 Å². The molecule has 2 amide bonds. The minimum Gasteiger partial charge on any atom is -0.449 e. The topological polar surface area (TPSA) is 67.4 Å². The molecule has 2 aromatic rings. The van der Waals surface area contributed by atoms with Gasteiger partial charge >= 0.3 is 0 Å². The largest absolute Gasteiger partial charge is 0.449 e. The number of nitrogens with one attached hydrogen (secondary N) is 2. The molecule has 0 bridgehead atoms. The quantitative estimate of drug-likeness (QED) is 0.505. The first kappa shape index (κ1) is 20.2. The van der Waals surface area contributed by atoms with E-state index in [2.05, 4.69) is 16.7 Å². The zero-order valence-electron chi connectivity index (χ0n) is 16.5. The van der Waals surface area contributed by atoms with Gasteiger partial charge in [-0.15, -0.1) is 0 Å². The lowest BCUT2D eigenvalue weighted by atomic mass is 9.97. The molecule has 0 aromatic heterocycles. The maximum absolute atomic E-state index is 12.5. The summed E-state index contributed by atoms with van der Waals surface area (Å²) in [5.41, 5.74) is 3.15. The predicted molar refractivity (Wildman–Crippen MR) is 119 cm³/mol. The Balaban J connectivity index is 1.41. The van der Waals surface area contributed by atoms with Gasteiger partial charge in [-0.05, 0) is 74.1 Å². The average molecular weight is 423 g/mol. The number of benzene rings is 2. The Bertz CT molecular complexity index is 1040. The lowest BCUT2D eigenvalue weighted by Gasteiger charge is -2.20. The van der Waals surface area contributed by atoms with Crippen LogP contribution >= 0.6 is 11.6 Å². The summed E-state index contributed by atoms with van der Waals surface area (Å²) in [4.78, 5) is 24.9. The summed E-state index contributed by atoms with van der Waals surface area (Å²) in [6.45, 7) is 0.608. The van der Waals surface area contributed by atoms with Crippen molar-refractivity contribution in [2.75, 3.05) is 11.9 Å². The molecule has 0 fully saturated rings. The summed E-state index contributed by atoms with van der Waals surface area (Å²) >= 11 is 6.00. The molecule has 2 aliphatic rings. The molecule has 0 unspecified atom stereocenters. The van der Waals surface area contributed by atoms with Crippen molar-refractivity contribution in [3.05, 3.63) is 76.0 Å². The van der Waals surface area contributed by atoms with E-state index in [9.17, 15) is 9.59 Å². The Labute approximate surface area is 180 Å². The van der Waals surface area contributed by atoms with Crippen LogP contribution < -0.4 is 15.4 Å². The van der Waals surface area contributed by atoms with Crippen LogP contribution in [0.1, 0.15) is 48.0 Å². The fourth-order valence-electron chi connectivity index (χ4n) is 3.62. The van der Waals surface area contributed by atoms with E-state index in [0.717, 1.165) is 24.8 Å². The van der Waals surface area contributed by atoms with Gasteiger partial charge in [0, 0.05) is 17.1 Å². The van der Waals surface area contributed by atoms with Crippen LogP contribution in [0.15, 0.2) is 59.9 Å². The summed E-state index contributed by atoms with van der Waals surface area (Å²) in [6.07, 6.45) is 9.56. The lowest BCUT2D eigenvalue weighted by molar-refractivity contribution is -0.115. The van der Waals surface area contributed by atoms with Gasteiger partial charge in [-0.25, -0.2) is 0 Å². The van der Waals surface area contributed by atoms with Crippen molar-refractivity contribution >= 4 is 35.2 Å². The van der Waals surface area contributed by atoms with Gasteiger partial charge in [-0.1, -0.05) is 35.4 Å². The smallest absolute Gasteiger partial charge is 0.291 e. The number of carbonyl (C=O) groups is 2. The molecule has 5 nitrogen and oxygen atoms in total. The van der Waals surface area contributed by atoms with Gasteiger partial charge in [0.05, 0.1) is 5.69 Å². The highest BCUT2D eigenvalue weighted by atomic mass is 35.5. The molecule has 154 valence electrons. The Morgan fingerprint density at radius 1 is 1.20 bits per heavy atom. The number of amides is 2. The molecule has 2 N–H and O–H groups in total. The Hall–Kier alpha value is -3.05. The van der Waals surface area contributed by atoms with Crippen molar-refractivity contribution in [1.82, 2.24) is 5.32 Å². The van der Waals surface area contributed by atoms with Crippen molar-refractivity contribution in [2.45, 2.75) is 32.1 Å². The van der Waals surface area contributed by atoms with E-state index in [-0.39, 0.29) is 17.6 Å². The second kappa shape index (κ2) is 9.18. The van der Waals surface area contributed by atoms with Crippen molar-refractivity contribution in [1.29, 1.82) is 0 Å². The number of fused-ring (bicyclic) bond motifs is 1. The maximum atomic E-state index is 12.5.